The molecule has 0 aliphatic heterocycles. The molecule has 0 atom stereocenters. The van der Waals surface area contributed by atoms with Gasteiger partial charge in [-0.15, -0.1) is 0 Å². The summed E-state index contributed by atoms with van der Waals surface area (Å²) in [6.45, 7) is 2.83. The number of ether oxygens (including phenoxy) is 1. The van der Waals surface area contributed by atoms with Crippen LogP contribution in [0.1, 0.15) is 30.1 Å². The summed E-state index contributed by atoms with van der Waals surface area (Å²) < 4.78 is 5.62. The van der Waals surface area contributed by atoms with Gasteiger partial charge in [-0.2, -0.15) is 0 Å². The van der Waals surface area contributed by atoms with Gasteiger partial charge in [-0.3, -0.25) is 4.79 Å². The highest BCUT2D eigenvalue weighted by Crippen LogP contribution is 2.18. The highest BCUT2D eigenvalue weighted by Gasteiger charge is 2.05. The molecule has 0 fully saturated rings. The SMILES string of the molecule is CCCCOc1cccc(NC(=O)c2ccccc2)c1. The van der Waals surface area contributed by atoms with Crippen molar-refractivity contribution in [2.45, 2.75) is 19.8 Å². The molecule has 0 aliphatic rings. The Morgan fingerprint density at radius 2 is 1.90 bits per heavy atom. The molecule has 1 N–H and O–H groups in total. The average Bonchev–Trinajstić information content (AvgIpc) is 2.49. The Bertz CT molecular complexity index is 552. The van der Waals surface area contributed by atoms with Crippen LogP contribution in [-0.4, -0.2) is 12.5 Å². The quantitative estimate of drug-likeness (QED) is 0.801. The van der Waals surface area contributed by atoms with Gasteiger partial charge in [0.05, 0.1) is 6.61 Å². The van der Waals surface area contributed by atoms with Gasteiger partial charge in [-0.05, 0) is 30.7 Å². The van der Waals surface area contributed by atoms with Crippen molar-refractivity contribution in [1.82, 2.24) is 0 Å². The molecule has 2 aromatic rings. The largest absolute Gasteiger partial charge is 0.494 e. The molecule has 1 amide bonds. The summed E-state index contributed by atoms with van der Waals surface area (Å²) in [6, 6.07) is 16.6. The van der Waals surface area contributed by atoms with E-state index >= 15 is 0 Å². The van der Waals surface area contributed by atoms with Crippen molar-refractivity contribution in [1.29, 1.82) is 0 Å². The molecule has 0 radical (unpaired) electrons. The average molecular weight is 269 g/mol. The molecule has 2 rings (SSSR count). The van der Waals surface area contributed by atoms with Crippen LogP contribution in [0.5, 0.6) is 5.75 Å². The second-order valence-corrected chi connectivity index (χ2v) is 4.55. The third-order valence-electron chi connectivity index (χ3n) is 2.89. The van der Waals surface area contributed by atoms with Crippen LogP contribution in [0.4, 0.5) is 5.69 Å². The van der Waals surface area contributed by atoms with Gasteiger partial charge in [0.25, 0.3) is 5.91 Å². The first kappa shape index (κ1) is 14.1. The number of nitrogens with one attached hydrogen (secondary N) is 1. The highest BCUT2D eigenvalue weighted by molar-refractivity contribution is 6.04. The number of amides is 1. The molecule has 0 unspecified atom stereocenters. The number of hydrogen-bond donors (Lipinski definition) is 1. The molecule has 0 spiro atoms. The Hall–Kier alpha value is -2.29. The predicted octanol–water partition coefficient (Wildman–Crippen LogP) is 4.12. The number of hydrogen-bond acceptors (Lipinski definition) is 2. The molecule has 20 heavy (non-hydrogen) atoms. The topological polar surface area (TPSA) is 38.3 Å². The lowest BCUT2D eigenvalue weighted by Gasteiger charge is -2.09. The molecule has 0 aliphatic carbocycles. The number of carbonyl (C=O) groups excluding carboxylic acids is 1. The maximum absolute atomic E-state index is 12.0. The third kappa shape index (κ3) is 4.12. The first-order valence-corrected chi connectivity index (χ1v) is 6.89. The normalized spacial score (nSPS) is 10.1. The van der Waals surface area contributed by atoms with Gasteiger partial charge in [0.15, 0.2) is 0 Å². The van der Waals surface area contributed by atoms with Crippen LogP contribution >= 0.6 is 0 Å². The predicted molar refractivity (Wildman–Crippen MR) is 81.2 cm³/mol. The van der Waals surface area contributed by atoms with Crippen LogP contribution in [0.25, 0.3) is 0 Å². The number of rotatable bonds is 6. The van der Waals surface area contributed by atoms with Crippen molar-refractivity contribution in [3.05, 3.63) is 60.2 Å². The maximum atomic E-state index is 12.0. The van der Waals surface area contributed by atoms with Crippen LogP contribution < -0.4 is 10.1 Å². The Balaban J connectivity index is 1.99. The zero-order chi connectivity index (χ0) is 14.2. The van der Waals surface area contributed by atoms with E-state index in [0.29, 0.717) is 12.2 Å². The van der Waals surface area contributed by atoms with Gasteiger partial charge in [0, 0.05) is 17.3 Å². The molecule has 3 heteroatoms. The fourth-order valence-electron chi connectivity index (χ4n) is 1.79. The molecule has 0 saturated heterocycles. The summed E-state index contributed by atoms with van der Waals surface area (Å²) in [5.74, 6) is 0.667. The van der Waals surface area contributed by atoms with Crippen molar-refractivity contribution in [3.8, 4) is 5.75 Å². The van der Waals surface area contributed by atoms with Gasteiger partial charge in [-0.1, -0.05) is 37.6 Å². The second kappa shape index (κ2) is 7.34. The minimum Gasteiger partial charge on any atom is -0.494 e. The fourth-order valence-corrected chi connectivity index (χ4v) is 1.79. The summed E-state index contributed by atoms with van der Waals surface area (Å²) in [7, 11) is 0. The molecule has 0 bridgehead atoms. The first-order chi connectivity index (χ1) is 9.79. The zero-order valence-electron chi connectivity index (χ0n) is 11.6. The molecular weight excluding hydrogens is 250 g/mol. The molecule has 2 aromatic carbocycles. The molecular formula is C17H19NO2. The van der Waals surface area contributed by atoms with E-state index < -0.39 is 0 Å². The van der Waals surface area contributed by atoms with Gasteiger partial charge < -0.3 is 10.1 Å². The summed E-state index contributed by atoms with van der Waals surface area (Å²) in [5.41, 5.74) is 1.39. The second-order valence-electron chi connectivity index (χ2n) is 4.55. The maximum Gasteiger partial charge on any atom is 0.255 e. The lowest BCUT2D eigenvalue weighted by atomic mass is 10.2. The first-order valence-electron chi connectivity index (χ1n) is 6.89. The molecule has 0 saturated carbocycles. The Labute approximate surface area is 119 Å². The van der Waals surface area contributed by atoms with Crippen LogP contribution in [-0.2, 0) is 0 Å². The number of benzene rings is 2. The lowest BCUT2D eigenvalue weighted by molar-refractivity contribution is 0.102. The third-order valence-corrected chi connectivity index (χ3v) is 2.89. The van der Waals surface area contributed by atoms with Gasteiger partial charge in [0.1, 0.15) is 5.75 Å². The molecule has 0 heterocycles. The van der Waals surface area contributed by atoms with E-state index in [2.05, 4.69) is 12.2 Å². The zero-order valence-corrected chi connectivity index (χ0v) is 11.6. The van der Waals surface area contributed by atoms with Crippen LogP contribution in [0, 0.1) is 0 Å². The van der Waals surface area contributed by atoms with Crippen LogP contribution in [0.2, 0.25) is 0 Å². The minimum absolute atomic E-state index is 0.115. The van der Waals surface area contributed by atoms with E-state index in [1.165, 1.54) is 0 Å². The van der Waals surface area contributed by atoms with Crippen molar-refractivity contribution in [3.63, 3.8) is 0 Å². The minimum atomic E-state index is -0.115. The van der Waals surface area contributed by atoms with Crippen molar-refractivity contribution >= 4 is 11.6 Å². The monoisotopic (exact) mass is 269 g/mol. The van der Waals surface area contributed by atoms with Crippen molar-refractivity contribution in [2.24, 2.45) is 0 Å². The molecule has 104 valence electrons. The smallest absolute Gasteiger partial charge is 0.255 e. The van der Waals surface area contributed by atoms with Crippen molar-refractivity contribution in [2.75, 3.05) is 11.9 Å². The van der Waals surface area contributed by atoms with Crippen molar-refractivity contribution < 1.29 is 9.53 Å². The number of unbranched alkanes of at least 4 members (excludes halogenated alkanes) is 1. The molecule has 3 nitrogen and oxygen atoms in total. The van der Waals surface area contributed by atoms with E-state index in [-0.39, 0.29) is 5.91 Å². The Morgan fingerprint density at radius 3 is 2.65 bits per heavy atom. The van der Waals surface area contributed by atoms with Crippen LogP contribution in [0.15, 0.2) is 54.6 Å². The highest BCUT2D eigenvalue weighted by atomic mass is 16.5. The number of carbonyl (C=O) groups is 1. The summed E-state index contributed by atoms with van der Waals surface area (Å²) in [4.78, 5) is 12.0. The van der Waals surface area contributed by atoms with Gasteiger partial charge in [-0.25, -0.2) is 0 Å². The number of anilines is 1. The van der Waals surface area contributed by atoms with Crippen LogP contribution in [0.3, 0.4) is 0 Å². The summed E-state index contributed by atoms with van der Waals surface area (Å²) in [6.07, 6.45) is 2.13. The summed E-state index contributed by atoms with van der Waals surface area (Å²) in [5, 5.41) is 2.87. The lowest BCUT2D eigenvalue weighted by Crippen LogP contribution is -2.11. The van der Waals surface area contributed by atoms with E-state index in [4.69, 9.17) is 4.74 Å². The fraction of sp³-hybridized carbons (Fsp3) is 0.235. The van der Waals surface area contributed by atoms with Gasteiger partial charge in [0.2, 0.25) is 0 Å². The Morgan fingerprint density at radius 1 is 1.10 bits per heavy atom. The van der Waals surface area contributed by atoms with E-state index in [1.54, 1.807) is 12.1 Å². The standard InChI is InChI=1S/C17H19NO2/c1-2-3-12-20-16-11-7-10-15(13-16)18-17(19)14-8-5-4-6-9-14/h4-11,13H,2-3,12H2,1H3,(H,18,19). The van der Waals surface area contributed by atoms with E-state index in [9.17, 15) is 4.79 Å². The van der Waals surface area contributed by atoms with Gasteiger partial charge >= 0.3 is 0 Å². The molecule has 0 aromatic heterocycles. The summed E-state index contributed by atoms with van der Waals surface area (Å²) >= 11 is 0. The van der Waals surface area contributed by atoms with E-state index in [1.807, 2.05) is 42.5 Å². The van der Waals surface area contributed by atoms with E-state index in [0.717, 1.165) is 24.3 Å². The Kier molecular flexibility index (Phi) is 5.18.